The van der Waals surface area contributed by atoms with Crippen LogP contribution in [0.5, 0.6) is 11.5 Å². The van der Waals surface area contributed by atoms with Crippen molar-refractivity contribution in [2.75, 3.05) is 32.6 Å². The van der Waals surface area contributed by atoms with Crippen LogP contribution in [0.3, 0.4) is 0 Å². The zero-order chi connectivity index (χ0) is 20.0. The summed E-state index contributed by atoms with van der Waals surface area (Å²) in [6, 6.07) is 11.2. The molecule has 0 bridgehead atoms. The van der Waals surface area contributed by atoms with Gasteiger partial charge in [0.25, 0.3) is 5.91 Å². The minimum Gasteiger partial charge on any atom is -0.497 e. The van der Waals surface area contributed by atoms with Crippen LogP contribution in [0.4, 0.5) is 5.69 Å². The third-order valence-corrected chi connectivity index (χ3v) is 6.15. The molecule has 1 amide bonds. The summed E-state index contributed by atoms with van der Waals surface area (Å²) < 4.78 is 37.4. The Morgan fingerprint density at radius 3 is 2.33 bits per heavy atom. The van der Waals surface area contributed by atoms with Crippen LogP contribution in [0.1, 0.15) is 24.2 Å². The van der Waals surface area contributed by atoms with E-state index in [1.54, 1.807) is 38.1 Å². The number of anilines is 1. The van der Waals surface area contributed by atoms with Crippen LogP contribution < -0.4 is 14.8 Å². The molecular formula is C19H24N2O5S. The molecule has 0 radical (unpaired) electrons. The van der Waals surface area contributed by atoms with E-state index in [2.05, 4.69) is 5.32 Å². The van der Waals surface area contributed by atoms with E-state index >= 15 is 0 Å². The Hall–Kier alpha value is -2.58. The molecule has 1 N–H and O–H groups in total. The molecule has 0 unspecified atom stereocenters. The Balaban J connectivity index is 2.39. The van der Waals surface area contributed by atoms with Gasteiger partial charge < -0.3 is 14.8 Å². The Labute approximate surface area is 160 Å². The highest BCUT2D eigenvalue weighted by atomic mass is 32.2. The van der Waals surface area contributed by atoms with Crippen LogP contribution in [0, 0.1) is 0 Å². The summed E-state index contributed by atoms with van der Waals surface area (Å²) in [6.45, 7) is 4.16. The van der Waals surface area contributed by atoms with E-state index < -0.39 is 15.9 Å². The van der Waals surface area contributed by atoms with Crippen molar-refractivity contribution in [3.05, 3.63) is 48.0 Å². The zero-order valence-corrected chi connectivity index (χ0v) is 16.7. The first-order valence-corrected chi connectivity index (χ1v) is 9.95. The average Bonchev–Trinajstić information content (AvgIpc) is 2.68. The highest BCUT2D eigenvalue weighted by molar-refractivity contribution is 7.89. The van der Waals surface area contributed by atoms with Gasteiger partial charge in [-0.25, -0.2) is 8.42 Å². The number of sulfonamides is 1. The monoisotopic (exact) mass is 392 g/mol. The van der Waals surface area contributed by atoms with Crippen molar-refractivity contribution >= 4 is 21.6 Å². The molecule has 7 nitrogen and oxygen atoms in total. The lowest BCUT2D eigenvalue weighted by Gasteiger charge is -2.20. The van der Waals surface area contributed by atoms with E-state index in [1.807, 2.05) is 0 Å². The molecule has 0 atom stereocenters. The molecule has 0 spiro atoms. The molecule has 27 heavy (non-hydrogen) atoms. The Kier molecular flexibility index (Phi) is 6.81. The number of amides is 1. The zero-order valence-electron chi connectivity index (χ0n) is 15.9. The molecule has 0 heterocycles. The SMILES string of the molecule is CCN(CC)S(=O)(=O)c1cc(C(=O)Nc2cccc(OC)c2)ccc1OC. The van der Waals surface area contributed by atoms with Crippen molar-refractivity contribution in [1.29, 1.82) is 0 Å². The largest absolute Gasteiger partial charge is 0.497 e. The van der Waals surface area contributed by atoms with Crippen LogP contribution in [0.15, 0.2) is 47.4 Å². The quantitative estimate of drug-likeness (QED) is 0.746. The highest BCUT2D eigenvalue weighted by Gasteiger charge is 2.26. The topological polar surface area (TPSA) is 84.9 Å². The summed E-state index contributed by atoms with van der Waals surface area (Å²) in [6.07, 6.45) is 0. The van der Waals surface area contributed by atoms with Gasteiger partial charge in [0.05, 0.1) is 14.2 Å². The number of benzene rings is 2. The molecular weight excluding hydrogens is 368 g/mol. The lowest BCUT2D eigenvalue weighted by molar-refractivity contribution is 0.102. The predicted molar refractivity (Wildman–Crippen MR) is 104 cm³/mol. The van der Waals surface area contributed by atoms with Gasteiger partial charge in [-0.2, -0.15) is 4.31 Å². The van der Waals surface area contributed by atoms with E-state index in [0.717, 1.165) is 0 Å². The maximum absolute atomic E-state index is 12.9. The number of carbonyl (C=O) groups excluding carboxylic acids is 1. The van der Waals surface area contributed by atoms with Gasteiger partial charge in [-0.1, -0.05) is 19.9 Å². The lowest BCUT2D eigenvalue weighted by Crippen LogP contribution is -2.31. The van der Waals surface area contributed by atoms with Gasteiger partial charge in [0, 0.05) is 30.4 Å². The summed E-state index contributed by atoms with van der Waals surface area (Å²) in [5, 5.41) is 2.74. The van der Waals surface area contributed by atoms with Crippen LogP contribution in [-0.4, -0.2) is 45.9 Å². The Morgan fingerprint density at radius 1 is 1.04 bits per heavy atom. The average molecular weight is 392 g/mol. The van der Waals surface area contributed by atoms with Crippen molar-refractivity contribution < 1.29 is 22.7 Å². The minimum absolute atomic E-state index is 0.0352. The van der Waals surface area contributed by atoms with E-state index in [-0.39, 0.29) is 16.2 Å². The summed E-state index contributed by atoms with van der Waals surface area (Å²) >= 11 is 0. The molecule has 0 aliphatic rings. The fourth-order valence-corrected chi connectivity index (χ4v) is 4.27. The fourth-order valence-electron chi connectivity index (χ4n) is 2.63. The van der Waals surface area contributed by atoms with Crippen molar-refractivity contribution in [2.45, 2.75) is 18.7 Å². The first-order valence-electron chi connectivity index (χ1n) is 8.50. The number of rotatable bonds is 8. The maximum atomic E-state index is 12.9. The van der Waals surface area contributed by atoms with Gasteiger partial charge in [0.2, 0.25) is 10.0 Å². The third kappa shape index (κ3) is 4.58. The normalized spacial score (nSPS) is 11.3. The van der Waals surface area contributed by atoms with Gasteiger partial charge in [0.1, 0.15) is 16.4 Å². The number of hydrogen-bond donors (Lipinski definition) is 1. The van der Waals surface area contributed by atoms with Crippen molar-refractivity contribution in [2.24, 2.45) is 0 Å². The molecule has 2 aromatic carbocycles. The van der Waals surface area contributed by atoms with Crippen molar-refractivity contribution in [3.8, 4) is 11.5 Å². The van der Waals surface area contributed by atoms with E-state index in [0.29, 0.717) is 24.5 Å². The number of nitrogens with zero attached hydrogens (tertiary/aromatic N) is 1. The number of hydrogen-bond acceptors (Lipinski definition) is 5. The standard InChI is InChI=1S/C19H24N2O5S/c1-5-21(6-2)27(23,24)18-12-14(10-11-17(18)26-4)19(22)20-15-8-7-9-16(13-15)25-3/h7-13H,5-6H2,1-4H3,(H,20,22). The Morgan fingerprint density at radius 2 is 1.74 bits per heavy atom. The third-order valence-electron chi connectivity index (χ3n) is 4.08. The van der Waals surface area contributed by atoms with Crippen molar-refractivity contribution in [1.82, 2.24) is 4.31 Å². The number of nitrogens with one attached hydrogen (secondary N) is 1. The van der Waals surface area contributed by atoms with Crippen LogP contribution in [0.25, 0.3) is 0 Å². The highest BCUT2D eigenvalue weighted by Crippen LogP contribution is 2.28. The molecule has 0 saturated heterocycles. The van der Waals surface area contributed by atoms with Gasteiger partial charge >= 0.3 is 0 Å². The molecule has 2 rings (SSSR count). The molecule has 0 aliphatic carbocycles. The second-order valence-electron chi connectivity index (χ2n) is 5.64. The van der Waals surface area contributed by atoms with Gasteiger partial charge in [0.15, 0.2) is 0 Å². The molecule has 0 saturated carbocycles. The first-order chi connectivity index (χ1) is 12.9. The summed E-state index contributed by atoms with van der Waals surface area (Å²) in [5.74, 6) is 0.370. The summed E-state index contributed by atoms with van der Waals surface area (Å²) in [7, 11) is -0.843. The Bertz CT molecular complexity index is 908. The minimum atomic E-state index is -3.78. The predicted octanol–water partition coefficient (Wildman–Crippen LogP) is 2.99. The second kappa shape index (κ2) is 8.88. The van der Waals surface area contributed by atoms with E-state index in [9.17, 15) is 13.2 Å². The van der Waals surface area contributed by atoms with Gasteiger partial charge in [-0.3, -0.25) is 4.79 Å². The smallest absolute Gasteiger partial charge is 0.255 e. The van der Waals surface area contributed by atoms with Crippen LogP contribution in [-0.2, 0) is 10.0 Å². The second-order valence-corrected chi connectivity index (χ2v) is 7.55. The van der Waals surface area contributed by atoms with Gasteiger partial charge in [-0.05, 0) is 30.3 Å². The number of carbonyl (C=O) groups is 1. The summed E-state index contributed by atoms with van der Waals surface area (Å²) in [5.41, 5.74) is 0.757. The molecule has 8 heteroatoms. The molecule has 0 aliphatic heterocycles. The first kappa shape index (κ1) is 20.7. The lowest BCUT2D eigenvalue weighted by atomic mass is 10.2. The van der Waals surface area contributed by atoms with E-state index in [4.69, 9.17) is 9.47 Å². The van der Waals surface area contributed by atoms with E-state index in [1.165, 1.54) is 36.7 Å². The summed E-state index contributed by atoms with van der Waals surface area (Å²) in [4.78, 5) is 12.6. The molecule has 2 aromatic rings. The number of ether oxygens (including phenoxy) is 2. The van der Waals surface area contributed by atoms with Gasteiger partial charge in [-0.15, -0.1) is 0 Å². The van der Waals surface area contributed by atoms with Crippen LogP contribution in [0.2, 0.25) is 0 Å². The molecule has 0 fully saturated rings. The van der Waals surface area contributed by atoms with Crippen molar-refractivity contribution in [3.63, 3.8) is 0 Å². The fraction of sp³-hybridized carbons (Fsp3) is 0.316. The number of methoxy groups -OCH3 is 2. The molecule has 0 aromatic heterocycles. The maximum Gasteiger partial charge on any atom is 0.255 e. The molecule has 146 valence electrons. The van der Waals surface area contributed by atoms with Crippen LogP contribution >= 0.6 is 0 Å².